The standard InChI is InChI=1S/C14H16BrNO2/c15-8-4-1-5-9-16-10-11-18-13-7-3-2-6-12(13)14(16)17/h2-3,6-7,10-11H,1,4-5,8-9H2. The fourth-order valence-electron chi connectivity index (χ4n) is 1.88. The molecule has 1 heterocycles. The quantitative estimate of drug-likeness (QED) is 0.615. The normalized spacial score (nSPS) is 14.1. The Hall–Kier alpha value is -1.29. The summed E-state index contributed by atoms with van der Waals surface area (Å²) in [6.07, 6.45) is 6.55. The van der Waals surface area contributed by atoms with Crippen molar-refractivity contribution in [3.63, 3.8) is 0 Å². The number of alkyl halides is 1. The van der Waals surface area contributed by atoms with Crippen molar-refractivity contribution in [3.8, 4) is 5.75 Å². The number of nitrogens with zero attached hydrogens (tertiary/aromatic N) is 1. The van der Waals surface area contributed by atoms with Gasteiger partial charge in [-0.3, -0.25) is 4.79 Å². The third-order valence-electron chi connectivity index (χ3n) is 2.85. The second kappa shape index (κ2) is 6.59. The van der Waals surface area contributed by atoms with E-state index in [1.807, 2.05) is 18.2 Å². The molecule has 0 aromatic heterocycles. The van der Waals surface area contributed by atoms with Crippen molar-refractivity contribution in [1.29, 1.82) is 0 Å². The van der Waals surface area contributed by atoms with Crippen LogP contribution >= 0.6 is 15.9 Å². The van der Waals surface area contributed by atoms with Gasteiger partial charge in [-0.1, -0.05) is 34.5 Å². The predicted molar refractivity (Wildman–Crippen MR) is 74.9 cm³/mol. The highest BCUT2D eigenvalue weighted by atomic mass is 79.9. The van der Waals surface area contributed by atoms with Crippen molar-refractivity contribution in [2.24, 2.45) is 0 Å². The minimum atomic E-state index is 0.0122. The molecule has 4 heteroatoms. The van der Waals surface area contributed by atoms with Gasteiger partial charge in [-0.25, -0.2) is 0 Å². The van der Waals surface area contributed by atoms with Crippen LogP contribution in [-0.4, -0.2) is 22.7 Å². The third-order valence-corrected chi connectivity index (χ3v) is 3.41. The van der Waals surface area contributed by atoms with E-state index in [9.17, 15) is 4.79 Å². The highest BCUT2D eigenvalue weighted by molar-refractivity contribution is 9.09. The van der Waals surface area contributed by atoms with Crippen LogP contribution in [0.2, 0.25) is 0 Å². The van der Waals surface area contributed by atoms with Crippen molar-refractivity contribution in [2.45, 2.75) is 19.3 Å². The van der Waals surface area contributed by atoms with E-state index < -0.39 is 0 Å². The van der Waals surface area contributed by atoms with Crippen LogP contribution in [0.4, 0.5) is 0 Å². The van der Waals surface area contributed by atoms with Crippen molar-refractivity contribution in [3.05, 3.63) is 42.3 Å². The van der Waals surface area contributed by atoms with Gasteiger partial charge in [-0.2, -0.15) is 0 Å². The maximum Gasteiger partial charge on any atom is 0.261 e. The molecule has 0 atom stereocenters. The first-order valence-electron chi connectivity index (χ1n) is 6.12. The monoisotopic (exact) mass is 309 g/mol. The lowest BCUT2D eigenvalue weighted by atomic mass is 10.1. The Kier molecular flexibility index (Phi) is 4.81. The average molecular weight is 310 g/mol. The Labute approximate surface area is 116 Å². The van der Waals surface area contributed by atoms with Gasteiger partial charge in [0.2, 0.25) is 0 Å². The molecule has 0 saturated carbocycles. The molecule has 1 aliphatic rings. The molecule has 1 aromatic carbocycles. The van der Waals surface area contributed by atoms with Crippen molar-refractivity contribution in [1.82, 2.24) is 4.90 Å². The minimum absolute atomic E-state index is 0.0122. The molecule has 0 bridgehead atoms. The molecular formula is C14H16BrNO2. The Morgan fingerprint density at radius 2 is 2.00 bits per heavy atom. The van der Waals surface area contributed by atoms with Crippen LogP contribution in [-0.2, 0) is 0 Å². The summed E-state index contributed by atoms with van der Waals surface area (Å²) in [5.41, 5.74) is 0.628. The Morgan fingerprint density at radius 3 is 2.83 bits per heavy atom. The fourth-order valence-corrected chi connectivity index (χ4v) is 2.27. The minimum Gasteiger partial charge on any atom is -0.463 e. The molecule has 0 aliphatic carbocycles. The van der Waals surface area contributed by atoms with Crippen molar-refractivity contribution in [2.75, 3.05) is 11.9 Å². The van der Waals surface area contributed by atoms with E-state index in [1.54, 1.807) is 23.4 Å². The van der Waals surface area contributed by atoms with E-state index in [2.05, 4.69) is 15.9 Å². The second-order valence-corrected chi connectivity index (χ2v) is 4.94. The lowest BCUT2D eigenvalue weighted by Gasteiger charge is -2.16. The summed E-state index contributed by atoms with van der Waals surface area (Å²) in [4.78, 5) is 14.0. The average Bonchev–Trinajstić information content (AvgIpc) is 2.56. The summed E-state index contributed by atoms with van der Waals surface area (Å²) in [6, 6.07) is 7.34. The number of fused-ring (bicyclic) bond motifs is 1. The Bertz CT molecular complexity index is 445. The van der Waals surface area contributed by atoms with Gasteiger partial charge in [0, 0.05) is 18.1 Å². The molecule has 0 saturated heterocycles. The number of hydrogen-bond donors (Lipinski definition) is 0. The third kappa shape index (κ3) is 3.13. The maximum absolute atomic E-state index is 12.3. The van der Waals surface area contributed by atoms with Crippen molar-refractivity contribution < 1.29 is 9.53 Å². The van der Waals surface area contributed by atoms with Crippen LogP contribution in [0.1, 0.15) is 29.6 Å². The summed E-state index contributed by atoms with van der Waals surface area (Å²) in [6.45, 7) is 0.736. The Morgan fingerprint density at radius 1 is 1.17 bits per heavy atom. The van der Waals surface area contributed by atoms with E-state index in [4.69, 9.17) is 4.74 Å². The predicted octanol–water partition coefficient (Wildman–Crippen LogP) is 3.56. The van der Waals surface area contributed by atoms with Gasteiger partial charge in [-0.05, 0) is 25.0 Å². The van der Waals surface area contributed by atoms with Gasteiger partial charge in [-0.15, -0.1) is 0 Å². The number of unbranched alkanes of at least 4 members (excludes halogenated alkanes) is 2. The number of carbonyl (C=O) groups excluding carboxylic acids is 1. The van der Waals surface area contributed by atoms with Gasteiger partial charge in [0.05, 0.1) is 5.56 Å². The molecule has 0 N–H and O–H groups in total. The first kappa shape index (κ1) is 13.1. The molecule has 1 aromatic rings. The van der Waals surface area contributed by atoms with Crippen molar-refractivity contribution >= 4 is 21.8 Å². The topological polar surface area (TPSA) is 29.5 Å². The number of rotatable bonds is 5. The molecule has 0 spiro atoms. The molecule has 0 fully saturated rings. The highest BCUT2D eigenvalue weighted by Gasteiger charge is 2.19. The molecule has 0 radical (unpaired) electrons. The summed E-state index contributed by atoms with van der Waals surface area (Å²) >= 11 is 3.41. The highest BCUT2D eigenvalue weighted by Crippen LogP contribution is 2.23. The number of hydrogen-bond acceptors (Lipinski definition) is 2. The smallest absolute Gasteiger partial charge is 0.261 e. The number of halogens is 1. The molecular weight excluding hydrogens is 294 g/mol. The largest absolute Gasteiger partial charge is 0.463 e. The van der Waals surface area contributed by atoms with Crippen LogP contribution < -0.4 is 4.74 Å². The SMILES string of the molecule is O=C1c2ccccc2OC=CN1CCCCCBr. The van der Waals surface area contributed by atoms with Gasteiger partial charge < -0.3 is 9.64 Å². The van der Waals surface area contributed by atoms with Crippen LogP contribution in [0.3, 0.4) is 0 Å². The first-order valence-corrected chi connectivity index (χ1v) is 7.24. The zero-order valence-electron chi connectivity index (χ0n) is 10.1. The van der Waals surface area contributed by atoms with Crippen LogP contribution in [0.15, 0.2) is 36.7 Å². The first-order chi connectivity index (χ1) is 8.83. The molecule has 1 aliphatic heterocycles. The van der Waals surface area contributed by atoms with Crippen LogP contribution in [0, 0.1) is 0 Å². The summed E-state index contributed by atoms with van der Waals surface area (Å²) in [5, 5.41) is 1.02. The Balaban J connectivity index is 2.03. The van der Waals surface area contributed by atoms with E-state index in [0.717, 1.165) is 31.1 Å². The number of amides is 1. The molecule has 0 unspecified atom stereocenters. The summed E-state index contributed by atoms with van der Waals surface area (Å²) < 4.78 is 5.43. The number of ether oxygens (including phenoxy) is 1. The van der Waals surface area contributed by atoms with E-state index >= 15 is 0 Å². The van der Waals surface area contributed by atoms with Crippen LogP contribution in [0.5, 0.6) is 5.75 Å². The second-order valence-electron chi connectivity index (χ2n) is 4.15. The number of carbonyl (C=O) groups is 1. The molecule has 18 heavy (non-hydrogen) atoms. The number of benzene rings is 1. The summed E-state index contributed by atoms with van der Waals surface area (Å²) in [5.74, 6) is 0.639. The fraction of sp³-hybridized carbons (Fsp3) is 0.357. The van der Waals surface area contributed by atoms with Gasteiger partial charge in [0.1, 0.15) is 12.0 Å². The maximum atomic E-state index is 12.3. The van der Waals surface area contributed by atoms with Crippen LogP contribution in [0.25, 0.3) is 0 Å². The van der Waals surface area contributed by atoms with Gasteiger partial charge in [0.25, 0.3) is 5.91 Å². The molecule has 1 amide bonds. The van der Waals surface area contributed by atoms with E-state index in [-0.39, 0.29) is 5.91 Å². The zero-order chi connectivity index (χ0) is 12.8. The molecule has 96 valence electrons. The lowest BCUT2D eigenvalue weighted by Crippen LogP contribution is -2.26. The molecule has 2 rings (SSSR count). The number of para-hydroxylation sites is 1. The molecule has 3 nitrogen and oxygen atoms in total. The van der Waals surface area contributed by atoms with Gasteiger partial charge in [0.15, 0.2) is 0 Å². The lowest BCUT2D eigenvalue weighted by molar-refractivity contribution is 0.0822. The van der Waals surface area contributed by atoms with E-state index in [1.165, 1.54) is 0 Å². The zero-order valence-corrected chi connectivity index (χ0v) is 11.7. The summed E-state index contributed by atoms with van der Waals surface area (Å²) in [7, 11) is 0. The van der Waals surface area contributed by atoms with E-state index in [0.29, 0.717) is 11.3 Å². The van der Waals surface area contributed by atoms with Gasteiger partial charge >= 0.3 is 0 Å².